The first-order valence-electron chi connectivity index (χ1n) is 4.06. The van der Waals surface area contributed by atoms with E-state index in [4.69, 9.17) is 4.74 Å². The molecule has 0 aliphatic carbocycles. The van der Waals surface area contributed by atoms with Gasteiger partial charge in [0.1, 0.15) is 12.4 Å². The number of ether oxygens (including phenoxy) is 1. The van der Waals surface area contributed by atoms with Crippen molar-refractivity contribution < 1.29 is 9.53 Å². The lowest BCUT2D eigenvalue weighted by Gasteiger charge is -2.08. The number of rotatable bonds is 3. The number of hydrogen-bond acceptors (Lipinski definition) is 2. The van der Waals surface area contributed by atoms with Gasteiger partial charge < -0.3 is 9.53 Å². The summed E-state index contributed by atoms with van der Waals surface area (Å²) >= 11 is 0. The summed E-state index contributed by atoms with van der Waals surface area (Å²) in [4.78, 5) is 10.4. The molecule has 1 aliphatic heterocycles. The van der Waals surface area contributed by atoms with Crippen molar-refractivity contribution in [3.63, 3.8) is 0 Å². The zero-order chi connectivity index (χ0) is 8.10. The molecule has 0 spiro atoms. The summed E-state index contributed by atoms with van der Waals surface area (Å²) in [5.41, 5.74) is 0. The standard InChI is InChI=1S/C9H14O2/c1-2-3-4-8-5-6-11-9(8)7-10/h2-3,7-9H,4-6H2,1H3/b3-2+. The van der Waals surface area contributed by atoms with Crippen LogP contribution < -0.4 is 0 Å². The van der Waals surface area contributed by atoms with Crippen molar-refractivity contribution in [1.29, 1.82) is 0 Å². The monoisotopic (exact) mass is 154 g/mol. The van der Waals surface area contributed by atoms with E-state index in [-0.39, 0.29) is 6.10 Å². The maximum absolute atomic E-state index is 10.4. The Hall–Kier alpha value is -0.630. The molecule has 2 unspecified atom stereocenters. The first-order valence-corrected chi connectivity index (χ1v) is 4.06. The van der Waals surface area contributed by atoms with Gasteiger partial charge in [0.05, 0.1) is 0 Å². The Labute approximate surface area is 67.2 Å². The lowest BCUT2D eigenvalue weighted by Crippen LogP contribution is -2.16. The van der Waals surface area contributed by atoms with Crippen LogP contribution in [0, 0.1) is 5.92 Å². The number of carbonyl (C=O) groups excluding carboxylic acids is 1. The Balaban J connectivity index is 2.36. The van der Waals surface area contributed by atoms with E-state index in [1.165, 1.54) is 0 Å². The van der Waals surface area contributed by atoms with Crippen molar-refractivity contribution in [3.8, 4) is 0 Å². The van der Waals surface area contributed by atoms with E-state index < -0.39 is 0 Å². The normalized spacial score (nSPS) is 31.4. The Kier molecular flexibility index (Phi) is 3.30. The van der Waals surface area contributed by atoms with Gasteiger partial charge in [0, 0.05) is 6.61 Å². The molecule has 1 rings (SSSR count). The fourth-order valence-corrected chi connectivity index (χ4v) is 1.37. The molecule has 0 aromatic rings. The number of aldehydes is 1. The molecule has 62 valence electrons. The minimum absolute atomic E-state index is 0.147. The van der Waals surface area contributed by atoms with Crippen LogP contribution in [0.2, 0.25) is 0 Å². The fraction of sp³-hybridized carbons (Fsp3) is 0.667. The van der Waals surface area contributed by atoms with Crippen LogP contribution in [-0.4, -0.2) is 19.0 Å². The molecule has 2 nitrogen and oxygen atoms in total. The molecule has 0 N–H and O–H groups in total. The predicted octanol–water partition coefficient (Wildman–Crippen LogP) is 1.56. The van der Waals surface area contributed by atoms with E-state index in [0.29, 0.717) is 5.92 Å². The van der Waals surface area contributed by atoms with Crippen LogP contribution in [0.5, 0.6) is 0 Å². The van der Waals surface area contributed by atoms with Gasteiger partial charge in [-0.3, -0.25) is 0 Å². The summed E-state index contributed by atoms with van der Waals surface area (Å²) in [6, 6.07) is 0. The third-order valence-electron chi connectivity index (χ3n) is 2.07. The average molecular weight is 154 g/mol. The Morgan fingerprint density at radius 1 is 1.64 bits per heavy atom. The highest BCUT2D eigenvalue weighted by atomic mass is 16.5. The Bertz CT molecular complexity index is 152. The highest BCUT2D eigenvalue weighted by Gasteiger charge is 2.26. The van der Waals surface area contributed by atoms with Gasteiger partial charge in [-0.15, -0.1) is 0 Å². The molecular formula is C9H14O2. The van der Waals surface area contributed by atoms with Gasteiger partial charge in [0.25, 0.3) is 0 Å². The lowest BCUT2D eigenvalue weighted by atomic mass is 9.98. The molecule has 2 heteroatoms. The molecule has 0 radical (unpaired) electrons. The van der Waals surface area contributed by atoms with Crippen LogP contribution >= 0.6 is 0 Å². The zero-order valence-corrected chi connectivity index (χ0v) is 6.82. The van der Waals surface area contributed by atoms with Gasteiger partial charge in [-0.05, 0) is 25.7 Å². The van der Waals surface area contributed by atoms with Crippen molar-refractivity contribution in [2.24, 2.45) is 5.92 Å². The first-order chi connectivity index (χ1) is 5.38. The average Bonchev–Trinajstić information content (AvgIpc) is 2.47. The van der Waals surface area contributed by atoms with Gasteiger partial charge in [-0.1, -0.05) is 12.2 Å². The predicted molar refractivity (Wildman–Crippen MR) is 43.3 cm³/mol. The molecule has 11 heavy (non-hydrogen) atoms. The molecule has 0 aromatic heterocycles. The molecule has 1 aliphatic rings. The zero-order valence-electron chi connectivity index (χ0n) is 6.82. The minimum atomic E-state index is -0.147. The minimum Gasteiger partial charge on any atom is -0.370 e. The van der Waals surface area contributed by atoms with E-state index in [1.54, 1.807) is 0 Å². The molecule has 0 aromatic carbocycles. The summed E-state index contributed by atoms with van der Waals surface area (Å²) in [6.45, 7) is 2.73. The molecule has 1 fully saturated rings. The van der Waals surface area contributed by atoms with Crippen LogP contribution in [0.4, 0.5) is 0 Å². The second-order valence-corrected chi connectivity index (χ2v) is 2.82. The highest BCUT2D eigenvalue weighted by molar-refractivity contribution is 5.57. The van der Waals surface area contributed by atoms with Crippen molar-refractivity contribution >= 4 is 6.29 Å². The topological polar surface area (TPSA) is 26.3 Å². The fourth-order valence-electron chi connectivity index (χ4n) is 1.37. The molecule has 0 bridgehead atoms. The van der Waals surface area contributed by atoms with Crippen LogP contribution in [0.25, 0.3) is 0 Å². The summed E-state index contributed by atoms with van der Waals surface area (Å²) in [5, 5.41) is 0. The van der Waals surface area contributed by atoms with Crippen LogP contribution in [0.1, 0.15) is 19.8 Å². The second kappa shape index (κ2) is 4.29. The van der Waals surface area contributed by atoms with E-state index in [1.807, 2.05) is 13.0 Å². The van der Waals surface area contributed by atoms with Crippen LogP contribution in [0.3, 0.4) is 0 Å². The van der Waals surface area contributed by atoms with Crippen LogP contribution in [-0.2, 0) is 9.53 Å². The van der Waals surface area contributed by atoms with E-state index >= 15 is 0 Å². The molecule has 0 amide bonds. The quantitative estimate of drug-likeness (QED) is 0.455. The van der Waals surface area contributed by atoms with E-state index in [0.717, 1.165) is 25.7 Å². The third kappa shape index (κ3) is 2.15. The van der Waals surface area contributed by atoms with E-state index in [2.05, 4.69) is 6.08 Å². The summed E-state index contributed by atoms with van der Waals surface area (Å²) < 4.78 is 5.21. The van der Waals surface area contributed by atoms with Crippen LogP contribution in [0.15, 0.2) is 12.2 Å². The Morgan fingerprint density at radius 2 is 2.45 bits per heavy atom. The molecule has 1 saturated heterocycles. The van der Waals surface area contributed by atoms with Gasteiger partial charge in [0.15, 0.2) is 0 Å². The van der Waals surface area contributed by atoms with Gasteiger partial charge in [-0.2, -0.15) is 0 Å². The summed E-state index contributed by atoms with van der Waals surface area (Å²) in [7, 11) is 0. The largest absolute Gasteiger partial charge is 0.370 e. The van der Waals surface area contributed by atoms with Crippen molar-refractivity contribution in [1.82, 2.24) is 0 Å². The van der Waals surface area contributed by atoms with Crippen molar-refractivity contribution in [3.05, 3.63) is 12.2 Å². The summed E-state index contributed by atoms with van der Waals surface area (Å²) in [6.07, 6.45) is 6.87. The lowest BCUT2D eigenvalue weighted by molar-refractivity contribution is -0.116. The Morgan fingerprint density at radius 3 is 3.09 bits per heavy atom. The second-order valence-electron chi connectivity index (χ2n) is 2.82. The van der Waals surface area contributed by atoms with Crippen molar-refractivity contribution in [2.45, 2.75) is 25.9 Å². The summed E-state index contributed by atoms with van der Waals surface area (Å²) in [5.74, 6) is 0.420. The highest BCUT2D eigenvalue weighted by Crippen LogP contribution is 2.22. The third-order valence-corrected chi connectivity index (χ3v) is 2.07. The van der Waals surface area contributed by atoms with Gasteiger partial charge in [-0.25, -0.2) is 0 Å². The molecule has 1 heterocycles. The number of allylic oxidation sites excluding steroid dienone is 2. The number of hydrogen-bond donors (Lipinski definition) is 0. The SMILES string of the molecule is C/C=C/CC1CCOC1C=O. The van der Waals surface area contributed by atoms with Gasteiger partial charge >= 0.3 is 0 Å². The maximum atomic E-state index is 10.4. The maximum Gasteiger partial charge on any atom is 0.149 e. The van der Waals surface area contributed by atoms with Crippen molar-refractivity contribution in [2.75, 3.05) is 6.61 Å². The van der Waals surface area contributed by atoms with E-state index in [9.17, 15) is 4.79 Å². The van der Waals surface area contributed by atoms with Gasteiger partial charge in [0.2, 0.25) is 0 Å². The first kappa shape index (κ1) is 8.47. The molecule has 0 saturated carbocycles. The smallest absolute Gasteiger partial charge is 0.149 e. The molecular weight excluding hydrogens is 140 g/mol. The number of carbonyl (C=O) groups is 1. The molecule has 2 atom stereocenters.